The summed E-state index contributed by atoms with van der Waals surface area (Å²) in [5, 5.41) is 17.9. The van der Waals surface area contributed by atoms with E-state index in [4.69, 9.17) is 14.2 Å². The molecule has 0 unspecified atom stereocenters. The summed E-state index contributed by atoms with van der Waals surface area (Å²) in [6.45, 7) is 4.62. The maximum Gasteiger partial charge on any atom is 0.120 e. The molecule has 26 heavy (non-hydrogen) atoms. The number of aromatic nitrogens is 3. The fraction of sp³-hybridized carbons (Fsp3) is 0.368. The molecule has 3 heterocycles. The largest absolute Gasteiger partial charge is 0.488 e. The van der Waals surface area contributed by atoms with Crippen molar-refractivity contribution in [3.8, 4) is 23.1 Å². The summed E-state index contributed by atoms with van der Waals surface area (Å²) in [5.41, 5.74) is 3.21. The summed E-state index contributed by atoms with van der Waals surface area (Å²) < 4.78 is 19.1. The van der Waals surface area contributed by atoms with Gasteiger partial charge in [-0.05, 0) is 31.2 Å². The molecule has 0 spiro atoms. The molecule has 2 aromatic heterocycles. The predicted molar refractivity (Wildman–Crippen MR) is 96.0 cm³/mol. The average molecular weight is 352 g/mol. The van der Waals surface area contributed by atoms with Crippen molar-refractivity contribution in [1.82, 2.24) is 14.8 Å². The molecule has 1 atom stereocenters. The highest BCUT2D eigenvalue weighted by molar-refractivity contribution is 5.93. The number of hydrogen-bond donors (Lipinski definition) is 1. The maximum atomic E-state index is 9.42. The van der Waals surface area contributed by atoms with E-state index in [2.05, 4.69) is 16.3 Å². The molecule has 4 rings (SSSR count). The first-order valence-corrected chi connectivity index (χ1v) is 8.65. The van der Waals surface area contributed by atoms with Crippen molar-refractivity contribution < 1.29 is 14.2 Å². The van der Waals surface area contributed by atoms with E-state index in [-0.39, 0.29) is 6.10 Å². The number of benzene rings is 1. The number of nitriles is 1. The van der Waals surface area contributed by atoms with E-state index < -0.39 is 0 Å². The number of ether oxygens (including phenoxy) is 3. The van der Waals surface area contributed by atoms with Crippen LogP contribution in [-0.2, 0) is 16.0 Å². The molecule has 0 saturated heterocycles. The Morgan fingerprint density at radius 2 is 2.12 bits per heavy atom. The van der Waals surface area contributed by atoms with Gasteiger partial charge in [-0.15, -0.1) is 0 Å². The van der Waals surface area contributed by atoms with Crippen LogP contribution in [0.1, 0.15) is 12.6 Å². The van der Waals surface area contributed by atoms with Crippen molar-refractivity contribution in [2.75, 3.05) is 26.4 Å². The lowest BCUT2D eigenvalue weighted by molar-refractivity contribution is 0.0148. The van der Waals surface area contributed by atoms with Crippen LogP contribution in [0.2, 0.25) is 0 Å². The third-order valence-electron chi connectivity index (χ3n) is 4.36. The zero-order valence-corrected chi connectivity index (χ0v) is 14.6. The van der Waals surface area contributed by atoms with Crippen LogP contribution in [0.15, 0.2) is 30.5 Å². The molecule has 1 aliphatic rings. The highest BCUT2D eigenvalue weighted by atomic mass is 16.5. The molecule has 1 N–H and O–H groups in total. The standard InChI is InChI=1S/C19H20N4O3/c1-13-12-25-7-6-24-5-4-23-11-14(8-15(23)10-20)19-17-9-16(26-13)2-3-18(17)21-22-19/h2-3,8-9,11,13H,4-7,12H2,1H3,(H,21,22)/t13-/m1/s1. The zero-order valence-electron chi connectivity index (χ0n) is 14.6. The van der Waals surface area contributed by atoms with Crippen LogP contribution in [0, 0.1) is 11.3 Å². The Morgan fingerprint density at radius 1 is 1.23 bits per heavy atom. The lowest BCUT2D eigenvalue weighted by Crippen LogP contribution is -2.21. The number of nitrogens with zero attached hydrogens (tertiary/aromatic N) is 3. The van der Waals surface area contributed by atoms with Gasteiger partial charge in [-0.1, -0.05) is 0 Å². The average Bonchev–Trinajstić information content (AvgIpc) is 3.23. The molecule has 7 heteroatoms. The summed E-state index contributed by atoms with van der Waals surface area (Å²) in [5.74, 6) is 0.763. The van der Waals surface area contributed by atoms with E-state index in [1.54, 1.807) is 0 Å². The highest BCUT2D eigenvalue weighted by Crippen LogP contribution is 2.30. The third kappa shape index (κ3) is 3.29. The van der Waals surface area contributed by atoms with Crippen LogP contribution >= 0.6 is 0 Å². The van der Waals surface area contributed by atoms with E-state index in [1.165, 1.54) is 0 Å². The fourth-order valence-corrected chi connectivity index (χ4v) is 3.10. The Hall–Kier alpha value is -2.82. The molecule has 1 aromatic carbocycles. The van der Waals surface area contributed by atoms with Gasteiger partial charge >= 0.3 is 0 Å². The topological polar surface area (TPSA) is 85.1 Å². The van der Waals surface area contributed by atoms with E-state index in [1.807, 2.05) is 42.0 Å². The summed E-state index contributed by atoms with van der Waals surface area (Å²) in [6.07, 6.45) is 1.87. The minimum Gasteiger partial charge on any atom is -0.488 e. The van der Waals surface area contributed by atoms with Crippen LogP contribution in [0.25, 0.3) is 22.2 Å². The van der Waals surface area contributed by atoms with E-state index in [0.29, 0.717) is 38.7 Å². The number of H-pyrrole nitrogens is 1. The molecule has 1 aliphatic heterocycles. The van der Waals surface area contributed by atoms with Gasteiger partial charge in [-0.25, -0.2) is 0 Å². The first kappa shape index (κ1) is 16.6. The quantitative estimate of drug-likeness (QED) is 0.672. The summed E-state index contributed by atoms with van der Waals surface area (Å²) in [4.78, 5) is 0. The van der Waals surface area contributed by atoms with Crippen LogP contribution in [0.4, 0.5) is 0 Å². The number of nitrogens with one attached hydrogen (secondary N) is 1. The predicted octanol–water partition coefficient (Wildman–Crippen LogP) is 2.72. The molecule has 0 aliphatic carbocycles. The van der Waals surface area contributed by atoms with Crippen molar-refractivity contribution in [2.24, 2.45) is 0 Å². The second kappa shape index (κ2) is 7.20. The molecule has 134 valence electrons. The monoisotopic (exact) mass is 352 g/mol. The van der Waals surface area contributed by atoms with E-state index in [9.17, 15) is 5.26 Å². The first-order valence-electron chi connectivity index (χ1n) is 8.65. The lowest BCUT2D eigenvalue weighted by Gasteiger charge is -2.15. The van der Waals surface area contributed by atoms with Gasteiger partial charge in [0.1, 0.15) is 29.3 Å². The Bertz CT molecular complexity index is 953. The summed E-state index contributed by atoms with van der Waals surface area (Å²) in [7, 11) is 0. The first-order chi connectivity index (χ1) is 12.7. The summed E-state index contributed by atoms with van der Waals surface area (Å²) >= 11 is 0. The molecule has 0 saturated carbocycles. The van der Waals surface area contributed by atoms with E-state index in [0.717, 1.165) is 27.9 Å². The Balaban J connectivity index is 1.77. The molecule has 0 radical (unpaired) electrons. The Morgan fingerprint density at radius 3 is 3.00 bits per heavy atom. The number of hydrogen-bond acceptors (Lipinski definition) is 5. The maximum absolute atomic E-state index is 9.42. The van der Waals surface area contributed by atoms with Gasteiger partial charge in [0.05, 0.1) is 31.9 Å². The van der Waals surface area contributed by atoms with Gasteiger partial charge < -0.3 is 18.8 Å². The van der Waals surface area contributed by atoms with Gasteiger partial charge in [0.25, 0.3) is 0 Å². The smallest absolute Gasteiger partial charge is 0.120 e. The molecular weight excluding hydrogens is 332 g/mol. The van der Waals surface area contributed by atoms with Crippen LogP contribution in [0.3, 0.4) is 0 Å². The van der Waals surface area contributed by atoms with Gasteiger partial charge in [0.2, 0.25) is 0 Å². The molecular formula is C19H20N4O3. The number of aromatic amines is 1. The van der Waals surface area contributed by atoms with Crippen LogP contribution < -0.4 is 4.74 Å². The molecule has 7 nitrogen and oxygen atoms in total. The third-order valence-corrected chi connectivity index (χ3v) is 4.36. The van der Waals surface area contributed by atoms with Gasteiger partial charge in [0.15, 0.2) is 0 Å². The van der Waals surface area contributed by atoms with Gasteiger partial charge in [0, 0.05) is 23.7 Å². The van der Waals surface area contributed by atoms with Crippen molar-refractivity contribution in [3.05, 3.63) is 36.2 Å². The SMILES string of the molecule is C[C@@H]1COCCOCCn2cc(cc2C#N)-c2n[nH]c3ccc(cc23)O1. The van der Waals surface area contributed by atoms with Crippen LogP contribution in [-0.4, -0.2) is 47.3 Å². The fourth-order valence-electron chi connectivity index (χ4n) is 3.10. The summed E-state index contributed by atoms with van der Waals surface area (Å²) in [6, 6.07) is 9.93. The van der Waals surface area contributed by atoms with Crippen LogP contribution in [0.5, 0.6) is 5.75 Å². The molecule has 0 fully saturated rings. The second-order valence-corrected chi connectivity index (χ2v) is 6.31. The van der Waals surface area contributed by atoms with E-state index >= 15 is 0 Å². The van der Waals surface area contributed by atoms with Crippen molar-refractivity contribution in [2.45, 2.75) is 19.6 Å². The Kier molecular flexibility index (Phi) is 4.61. The minimum atomic E-state index is -0.0676. The zero-order chi connectivity index (χ0) is 17.9. The van der Waals surface area contributed by atoms with Crippen molar-refractivity contribution in [1.29, 1.82) is 5.26 Å². The molecule has 4 bridgehead atoms. The van der Waals surface area contributed by atoms with Gasteiger partial charge in [-0.2, -0.15) is 10.4 Å². The highest BCUT2D eigenvalue weighted by Gasteiger charge is 2.15. The van der Waals surface area contributed by atoms with Gasteiger partial charge in [-0.3, -0.25) is 5.10 Å². The number of fused-ring (bicyclic) bond motifs is 4. The molecule has 0 amide bonds. The normalized spacial score (nSPS) is 18.5. The van der Waals surface area contributed by atoms with Crippen molar-refractivity contribution in [3.63, 3.8) is 0 Å². The second-order valence-electron chi connectivity index (χ2n) is 6.31. The number of rotatable bonds is 0. The molecule has 3 aromatic rings. The van der Waals surface area contributed by atoms with Crippen molar-refractivity contribution >= 4 is 10.9 Å². The minimum absolute atomic E-state index is 0.0676. The Labute approximate surface area is 151 Å². The lowest BCUT2D eigenvalue weighted by atomic mass is 10.1.